The first-order valence-corrected chi connectivity index (χ1v) is 8.33. The van der Waals surface area contributed by atoms with Crippen LogP contribution in [0.15, 0.2) is 44.5 Å². The maximum atomic E-state index is 12.1. The van der Waals surface area contributed by atoms with Crippen molar-refractivity contribution in [3.63, 3.8) is 0 Å². The first-order valence-electron chi connectivity index (χ1n) is 8.33. The fourth-order valence-corrected chi connectivity index (χ4v) is 2.42. The lowest BCUT2D eigenvalue weighted by molar-refractivity contribution is 0.0976. The zero-order valence-corrected chi connectivity index (χ0v) is 14.7. The van der Waals surface area contributed by atoms with Crippen molar-refractivity contribution in [3.8, 4) is 17.4 Å². The second kappa shape index (κ2) is 8.84. The molecule has 0 saturated carbocycles. The zero-order valence-electron chi connectivity index (χ0n) is 14.7. The summed E-state index contributed by atoms with van der Waals surface area (Å²) in [5, 5.41) is 20.0. The van der Waals surface area contributed by atoms with E-state index in [1.165, 1.54) is 0 Å². The van der Waals surface area contributed by atoms with E-state index >= 15 is 0 Å². The van der Waals surface area contributed by atoms with Gasteiger partial charge in [-0.05, 0) is 18.6 Å². The van der Waals surface area contributed by atoms with E-state index in [1.807, 2.05) is 30.3 Å². The molecule has 1 heterocycles. The number of carbonyl (C=O) groups excluding carboxylic acids is 1. The van der Waals surface area contributed by atoms with Crippen LogP contribution in [-0.4, -0.2) is 34.9 Å². The molecule has 2 rings (SSSR count). The summed E-state index contributed by atoms with van der Waals surface area (Å²) in [6, 6.07) is 9.20. The lowest BCUT2D eigenvalue weighted by Crippen LogP contribution is -2.18. The highest BCUT2D eigenvalue weighted by atomic mass is 16.5. The van der Waals surface area contributed by atoms with Gasteiger partial charge in [-0.3, -0.25) is 9.79 Å². The van der Waals surface area contributed by atoms with Gasteiger partial charge in [0.05, 0.1) is 12.3 Å². The number of hydrogen-bond acceptors (Lipinski definition) is 7. The highest BCUT2D eigenvalue weighted by molar-refractivity contribution is 6.07. The smallest absolute Gasteiger partial charge is 0.351 e. The number of rotatable bonds is 8. The van der Waals surface area contributed by atoms with Crippen molar-refractivity contribution in [3.05, 3.63) is 51.9 Å². The molecule has 0 aliphatic heterocycles. The Kier molecular flexibility index (Phi) is 6.54. The lowest BCUT2D eigenvalue weighted by Gasteiger charge is -2.10. The molecule has 1 aromatic heterocycles. The van der Waals surface area contributed by atoms with Gasteiger partial charge in [0.1, 0.15) is 29.2 Å². The van der Waals surface area contributed by atoms with Crippen molar-refractivity contribution < 1.29 is 24.2 Å². The second-order valence-electron chi connectivity index (χ2n) is 5.41. The minimum absolute atomic E-state index is 0.0395. The third-order valence-corrected chi connectivity index (χ3v) is 3.71. The molecule has 1 aromatic carbocycles. The Hall–Kier alpha value is -3.09. The van der Waals surface area contributed by atoms with Crippen LogP contribution in [0.1, 0.15) is 42.6 Å². The van der Waals surface area contributed by atoms with Crippen molar-refractivity contribution >= 4 is 11.5 Å². The Balaban J connectivity index is 2.26. The molecule has 0 unspecified atom stereocenters. The average Bonchev–Trinajstić information content (AvgIpc) is 2.63. The number of aromatic hydroxyl groups is 2. The van der Waals surface area contributed by atoms with Gasteiger partial charge >= 0.3 is 5.63 Å². The number of hydrogen-bond donors (Lipinski definition) is 2. The quantitative estimate of drug-likeness (QED) is 0.426. The first-order chi connectivity index (χ1) is 12.5. The molecule has 138 valence electrons. The van der Waals surface area contributed by atoms with Gasteiger partial charge in [-0.1, -0.05) is 32.0 Å². The Morgan fingerprint density at radius 3 is 2.42 bits per heavy atom. The van der Waals surface area contributed by atoms with Crippen LogP contribution in [-0.2, 0) is 0 Å². The average molecular weight is 359 g/mol. The third kappa shape index (κ3) is 4.30. The molecule has 0 amide bonds. The molecule has 0 aliphatic rings. The van der Waals surface area contributed by atoms with Gasteiger partial charge < -0.3 is 19.4 Å². The number of aliphatic imine (C=N–C) groups is 1. The van der Waals surface area contributed by atoms with Crippen LogP contribution in [0.5, 0.6) is 17.4 Å². The lowest BCUT2D eigenvalue weighted by atomic mass is 10.0. The summed E-state index contributed by atoms with van der Waals surface area (Å²) < 4.78 is 10.2. The maximum absolute atomic E-state index is 12.1. The topological polar surface area (TPSA) is 109 Å². The SMILES string of the molecule is CCC(=O)c1c(O)oc(=O)c(C(CC)=NCCOc2ccccc2)c1O. The molecular weight excluding hydrogens is 338 g/mol. The fraction of sp³-hybridized carbons (Fsp3) is 0.316. The molecule has 26 heavy (non-hydrogen) atoms. The molecule has 0 spiro atoms. The van der Waals surface area contributed by atoms with Gasteiger partial charge in [-0.25, -0.2) is 4.79 Å². The molecule has 0 aliphatic carbocycles. The van der Waals surface area contributed by atoms with Crippen molar-refractivity contribution in [1.82, 2.24) is 0 Å². The molecule has 2 aromatic rings. The van der Waals surface area contributed by atoms with E-state index in [2.05, 4.69) is 4.99 Å². The second-order valence-corrected chi connectivity index (χ2v) is 5.41. The first kappa shape index (κ1) is 19.2. The molecule has 0 radical (unpaired) electrons. The molecule has 2 N–H and O–H groups in total. The molecule has 7 heteroatoms. The number of benzene rings is 1. The van der Waals surface area contributed by atoms with E-state index in [0.29, 0.717) is 12.2 Å². The molecule has 0 atom stereocenters. The van der Waals surface area contributed by atoms with Crippen LogP contribution in [0.2, 0.25) is 0 Å². The summed E-state index contributed by atoms with van der Waals surface area (Å²) in [5.41, 5.74) is -1.28. The van der Waals surface area contributed by atoms with Crippen LogP contribution in [0.3, 0.4) is 0 Å². The van der Waals surface area contributed by atoms with Crippen molar-refractivity contribution in [2.45, 2.75) is 26.7 Å². The molecule has 0 saturated heterocycles. The van der Waals surface area contributed by atoms with Gasteiger partial charge in [0.15, 0.2) is 5.78 Å². The van der Waals surface area contributed by atoms with E-state index in [9.17, 15) is 19.8 Å². The fourth-order valence-electron chi connectivity index (χ4n) is 2.42. The van der Waals surface area contributed by atoms with Crippen LogP contribution in [0.25, 0.3) is 0 Å². The summed E-state index contributed by atoms with van der Waals surface area (Å²) in [6.45, 7) is 3.85. The Bertz CT molecular complexity index is 854. The van der Waals surface area contributed by atoms with Gasteiger partial charge in [0.2, 0.25) is 0 Å². The number of carbonyl (C=O) groups is 1. The number of para-hydroxylation sites is 1. The van der Waals surface area contributed by atoms with Crippen molar-refractivity contribution in [2.75, 3.05) is 13.2 Å². The summed E-state index contributed by atoms with van der Waals surface area (Å²) in [7, 11) is 0. The predicted octanol–water partition coefficient (Wildman–Crippen LogP) is 2.92. The monoisotopic (exact) mass is 359 g/mol. The molecule has 7 nitrogen and oxygen atoms in total. The Labute approximate surface area is 150 Å². The number of Topliss-reactive ketones (excluding diaryl/α,β-unsaturated/α-hetero) is 1. The largest absolute Gasteiger partial charge is 0.506 e. The molecule has 0 bridgehead atoms. The third-order valence-electron chi connectivity index (χ3n) is 3.71. The van der Waals surface area contributed by atoms with E-state index in [1.54, 1.807) is 13.8 Å². The van der Waals surface area contributed by atoms with Crippen LogP contribution < -0.4 is 10.4 Å². The number of ether oxygens (including phenoxy) is 1. The van der Waals surface area contributed by atoms with Crippen molar-refractivity contribution in [2.24, 2.45) is 4.99 Å². The minimum atomic E-state index is -0.947. The summed E-state index contributed by atoms with van der Waals surface area (Å²) in [4.78, 5) is 28.3. The van der Waals surface area contributed by atoms with Gasteiger partial charge in [-0.15, -0.1) is 0 Å². The normalized spacial score (nSPS) is 11.4. The number of nitrogens with zero attached hydrogens (tertiary/aromatic N) is 1. The minimum Gasteiger partial charge on any atom is -0.506 e. The molecule has 0 fully saturated rings. The highest BCUT2D eigenvalue weighted by Gasteiger charge is 2.25. The van der Waals surface area contributed by atoms with Gasteiger partial charge in [0, 0.05) is 6.42 Å². The standard InChI is InChI=1S/C19H21NO6/c1-3-13(20-10-11-25-12-8-6-5-7-9-12)15-17(22)16(14(21)4-2)19(24)26-18(15)23/h5-9,22,24H,3-4,10-11H2,1-2H3. The van der Waals surface area contributed by atoms with Crippen molar-refractivity contribution in [1.29, 1.82) is 0 Å². The van der Waals surface area contributed by atoms with E-state index in [0.717, 1.165) is 0 Å². The number of ketones is 1. The summed E-state index contributed by atoms with van der Waals surface area (Å²) in [6.07, 6.45) is 0.367. The van der Waals surface area contributed by atoms with Crippen LogP contribution in [0.4, 0.5) is 0 Å². The highest BCUT2D eigenvalue weighted by Crippen LogP contribution is 2.30. The Morgan fingerprint density at radius 1 is 1.12 bits per heavy atom. The summed E-state index contributed by atoms with van der Waals surface area (Å²) in [5.74, 6) is -1.32. The van der Waals surface area contributed by atoms with E-state index in [-0.39, 0.29) is 30.8 Å². The van der Waals surface area contributed by atoms with Gasteiger partial charge in [-0.2, -0.15) is 0 Å². The Morgan fingerprint density at radius 2 is 1.81 bits per heavy atom. The van der Waals surface area contributed by atoms with Crippen LogP contribution in [0, 0.1) is 0 Å². The van der Waals surface area contributed by atoms with E-state index in [4.69, 9.17) is 9.15 Å². The predicted molar refractivity (Wildman–Crippen MR) is 96.6 cm³/mol. The van der Waals surface area contributed by atoms with Crippen LogP contribution >= 0.6 is 0 Å². The summed E-state index contributed by atoms with van der Waals surface area (Å²) >= 11 is 0. The molecular formula is C19H21NO6. The van der Waals surface area contributed by atoms with E-state index < -0.39 is 28.7 Å². The van der Waals surface area contributed by atoms with Gasteiger partial charge in [0.25, 0.3) is 5.95 Å². The zero-order chi connectivity index (χ0) is 19.1. The maximum Gasteiger partial charge on any atom is 0.351 e.